The van der Waals surface area contributed by atoms with Gasteiger partial charge in [-0.2, -0.15) is 0 Å². The lowest BCUT2D eigenvalue weighted by atomic mass is 10.2. The van der Waals surface area contributed by atoms with Gasteiger partial charge in [0.15, 0.2) is 0 Å². The standard InChI is InChI=1S/C14H21N3O.2ClH/c1-11-10-12(15)5-6-13(11)16-7-3-9-17-8-2-4-14(17)18;;/h5-6,10,16H,2-4,7-9,15H2,1H3;2*1H. The zero-order valence-corrected chi connectivity index (χ0v) is 13.4. The number of hydrogen-bond acceptors (Lipinski definition) is 3. The first-order valence-electron chi connectivity index (χ1n) is 6.54. The minimum atomic E-state index is 0. The Kier molecular flexibility index (Phi) is 8.42. The van der Waals surface area contributed by atoms with E-state index >= 15 is 0 Å². The van der Waals surface area contributed by atoms with Gasteiger partial charge in [0.1, 0.15) is 0 Å². The number of aryl methyl sites for hydroxylation is 1. The van der Waals surface area contributed by atoms with Crippen molar-refractivity contribution in [2.24, 2.45) is 0 Å². The zero-order chi connectivity index (χ0) is 13.0. The summed E-state index contributed by atoms with van der Waals surface area (Å²) in [6.45, 7) is 4.72. The number of carbonyl (C=O) groups excluding carboxylic acids is 1. The highest BCUT2D eigenvalue weighted by Gasteiger charge is 2.18. The molecule has 0 aliphatic carbocycles. The molecule has 0 unspecified atom stereocenters. The number of amides is 1. The van der Waals surface area contributed by atoms with Crippen molar-refractivity contribution in [3.8, 4) is 0 Å². The van der Waals surface area contributed by atoms with E-state index in [2.05, 4.69) is 5.32 Å². The molecule has 0 aromatic heterocycles. The van der Waals surface area contributed by atoms with E-state index in [-0.39, 0.29) is 24.8 Å². The molecule has 20 heavy (non-hydrogen) atoms. The second kappa shape index (κ2) is 8.93. The Morgan fingerprint density at radius 1 is 1.35 bits per heavy atom. The molecule has 114 valence electrons. The van der Waals surface area contributed by atoms with E-state index in [0.29, 0.717) is 5.91 Å². The normalized spacial score (nSPS) is 13.7. The third kappa shape index (κ3) is 5.10. The summed E-state index contributed by atoms with van der Waals surface area (Å²) in [5, 5.41) is 3.39. The smallest absolute Gasteiger partial charge is 0.222 e. The van der Waals surface area contributed by atoms with Gasteiger partial charge in [-0.1, -0.05) is 0 Å². The van der Waals surface area contributed by atoms with Crippen LogP contribution in [0.25, 0.3) is 0 Å². The first-order valence-corrected chi connectivity index (χ1v) is 6.54. The quantitative estimate of drug-likeness (QED) is 0.648. The second-order valence-corrected chi connectivity index (χ2v) is 4.84. The molecule has 0 spiro atoms. The number of nitrogens with one attached hydrogen (secondary N) is 1. The summed E-state index contributed by atoms with van der Waals surface area (Å²) >= 11 is 0. The van der Waals surface area contributed by atoms with Crippen molar-refractivity contribution in [3.63, 3.8) is 0 Å². The molecule has 1 aliphatic rings. The van der Waals surface area contributed by atoms with Gasteiger partial charge in [-0.15, -0.1) is 24.8 Å². The summed E-state index contributed by atoms with van der Waals surface area (Å²) in [6.07, 6.45) is 2.73. The molecule has 0 bridgehead atoms. The highest BCUT2D eigenvalue weighted by atomic mass is 35.5. The Hall–Kier alpha value is -1.13. The molecule has 0 atom stereocenters. The summed E-state index contributed by atoms with van der Waals surface area (Å²) in [7, 11) is 0. The van der Waals surface area contributed by atoms with Crippen molar-refractivity contribution in [3.05, 3.63) is 23.8 Å². The summed E-state index contributed by atoms with van der Waals surface area (Å²) in [6, 6.07) is 5.87. The molecule has 4 nitrogen and oxygen atoms in total. The summed E-state index contributed by atoms with van der Waals surface area (Å²) in [5.41, 5.74) is 8.78. The maximum absolute atomic E-state index is 11.4. The van der Waals surface area contributed by atoms with E-state index in [4.69, 9.17) is 5.73 Å². The Labute approximate surface area is 132 Å². The molecular weight excluding hydrogens is 297 g/mol. The van der Waals surface area contributed by atoms with Crippen molar-refractivity contribution in [1.29, 1.82) is 0 Å². The summed E-state index contributed by atoms with van der Waals surface area (Å²) in [4.78, 5) is 13.4. The van der Waals surface area contributed by atoms with Crippen LogP contribution in [0, 0.1) is 6.92 Å². The molecule has 1 aromatic carbocycles. The number of benzene rings is 1. The van der Waals surface area contributed by atoms with E-state index < -0.39 is 0 Å². The van der Waals surface area contributed by atoms with Crippen LogP contribution >= 0.6 is 24.8 Å². The highest BCUT2D eigenvalue weighted by Crippen LogP contribution is 2.17. The van der Waals surface area contributed by atoms with Gasteiger partial charge >= 0.3 is 0 Å². The maximum Gasteiger partial charge on any atom is 0.222 e. The monoisotopic (exact) mass is 319 g/mol. The number of nitrogens with zero attached hydrogens (tertiary/aromatic N) is 1. The zero-order valence-electron chi connectivity index (χ0n) is 11.7. The van der Waals surface area contributed by atoms with Gasteiger partial charge < -0.3 is 16.0 Å². The topological polar surface area (TPSA) is 58.4 Å². The average Bonchev–Trinajstić information content (AvgIpc) is 2.73. The van der Waals surface area contributed by atoms with Crippen LogP contribution in [-0.2, 0) is 4.79 Å². The number of carbonyl (C=O) groups is 1. The maximum atomic E-state index is 11.4. The van der Waals surface area contributed by atoms with Crippen LogP contribution in [0.4, 0.5) is 11.4 Å². The molecule has 1 aliphatic heterocycles. The number of hydrogen-bond donors (Lipinski definition) is 2. The fourth-order valence-electron chi connectivity index (χ4n) is 2.32. The summed E-state index contributed by atoms with van der Waals surface area (Å²) in [5.74, 6) is 0.304. The van der Waals surface area contributed by atoms with Gasteiger partial charge in [-0.3, -0.25) is 4.79 Å². The van der Waals surface area contributed by atoms with Crippen molar-refractivity contribution < 1.29 is 4.79 Å². The molecular formula is C14H23Cl2N3O. The SMILES string of the molecule is Cc1cc(N)ccc1NCCCN1CCCC1=O.Cl.Cl. The van der Waals surface area contributed by atoms with E-state index in [1.54, 1.807) is 0 Å². The third-order valence-electron chi connectivity index (χ3n) is 3.34. The molecule has 1 aromatic rings. The first-order chi connectivity index (χ1) is 8.66. The van der Waals surface area contributed by atoms with Crippen LogP contribution in [0.3, 0.4) is 0 Å². The number of rotatable bonds is 5. The van der Waals surface area contributed by atoms with Crippen LogP contribution in [0.1, 0.15) is 24.8 Å². The van der Waals surface area contributed by atoms with E-state index in [1.165, 1.54) is 0 Å². The van der Waals surface area contributed by atoms with Crippen LogP contribution in [0.2, 0.25) is 0 Å². The summed E-state index contributed by atoms with van der Waals surface area (Å²) < 4.78 is 0. The van der Waals surface area contributed by atoms with Gasteiger partial charge in [0.05, 0.1) is 0 Å². The lowest BCUT2D eigenvalue weighted by Crippen LogP contribution is -2.27. The second-order valence-electron chi connectivity index (χ2n) is 4.84. The molecule has 0 radical (unpaired) electrons. The van der Waals surface area contributed by atoms with Gasteiger partial charge in [-0.05, 0) is 43.5 Å². The molecule has 0 saturated carbocycles. The molecule has 1 amide bonds. The van der Waals surface area contributed by atoms with Crippen LogP contribution in [0.15, 0.2) is 18.2 Å². The largest absolute Gasteiger partial charge is 0.399 e. The fraction of sp³-hybridized carbons (Fsp3) is 0.500. The number of nitrogens with two attached hydrogens (primary N) is 1. The van der Waals surface area contributed by atoms with Gasteiger partial charge in [0.25, 0.3) is 0 Å². The number of likely N-dealkylation sites (tertiary alicyclic amines) is 1. The Morgan fingerprint density at radius 3 is 2.70 bits per heavy atom. The van der Waals surface area contributed by atoms with Crippen LogP contribution in [0.5, 0.6) is 0 Å². The van der Waals surface area contributed by atoms with E-state index in [9.17, 15) is 4.79 Å². The lowest BCUT2D eigenvalue weighted by Gasteiger charge is -2.16. The average molecular weight is 320 g/mol. The molecule has 3 N–H and O–H groups in total. The third-order valence-corrected chi connectivity index (χ3v) is 3.34. The molecule has 1 heterocycles. The molecule has 1 fully saturated rings. The highest BCUT2D eigenvalue weighted by molar-refractivity contribution is 5.85. The van der Waals surface area contributed by atoms with Gasteiger partial charge in [-0.25, -0.2) is 0 Å². The molecule has 2 rings (SSSR count). The Balaban J connectivity index is 0.00000180. The number of nitrogen functional groups attached to an aromatic ring is 1. The molecule has 1 saturated heterocycles. The fourth-order valence-corrected chi connectivity index (χ4v) is 2.32. The molecule has 6 heteroatoms. The first kappa shape index (κ1) is 18.9. The van der Waals surface area contributed by atoms with Crippen LogP contribution in [-0.4, -0.2) is 30.4 Å². The van der Waals surface area contributed by atoms with Crippen molar-refractivity contribution >= 4 is 42.1 Å². The van der Waals surface area contributed by atoms with Crippen molar-refractivity contribution in [2.45, 2.75) is 26.2 Å². The number of anilines is 2. The minimum absolute atomic E-state index is 0. The van der Waals surface area contributed by atoms with E-state index in [0.717, 1.165) is 55.8 Å². The predicted octanol–water partition coefficient (Wildman–Crippen LogP) is 2.85. The van der Waals surface area contributed by atoms with Gasteiger partial charge in [0, 0.05) is 37.4 Å². The predicted molar refractivity (Wildman–Crippen MR) is 89.0 cm³/mol. The lowest BCUT2D eigenvalue weighted by molar-refractivity contribution is -0.127. The van der Waals surface area contributed by atoms with Crippen molar-refractivity contribution in [1.82, 2.24) is 4.90 Å². The van der Waals surface area contributed by atoms with Crippen LogP contribution < -0.4 is 11.1 Å². The van der Waals surface area contributed by atoms with E-state index in [1.807, 2.05) is 30.0 Å². The minimum Gasteiger partial charge on any atom is -0.399 e. The Bertz CT molecular complexity index is 440. The van der Waals surface area contributed by atoms with Crippen molar-refractivity contribution in [2.75, 3.05) is 30.7 Å². The van der Waals surface area contributed by atoms with Gasteiger partial charge in [0.2, 0.25) is 5.91 Å². The number of halogens is 2. The Morgan fingerprint density at radius 2 is 2.10 bits per heavy atom.